The highest BCUT2D eigenvalue weighted by Crippen LogP contribution is 2.30. The number of benzene rings is 2. The molecule has 0 atom stereocenters. The molecule has 5 nitrogen and oxygen atoms in total. The Morgan fingerprint density at radius 2 is 1.87 bits per heavy atom. The van der Waals surface area contributed by atoms with E-state index in [1.165, 1.54) is 0 Å². The van der Waals surface area contributed by atoms with Crippen molar-refractivity contribution in [2.75, 3.05) is 7.11 Å². The summed E-state index contributed by atoms with van der Waals surface area (Å²) < 4.78 is 8.75. The molecule has 0 aliphatic heterocycles. The number of fused-ring (bicyclic) bond motifs is 3. The molecule has 23 heavy (non-hydrogen) atoms. The Balaban J connectivity index is 1.94. The van der Waals surface area contributed by atoms with Crippen molar-refractivity contribution >= 4 is 48.4 Å². The second-order valence-corrected chi connectivity index (χ2v) is 6.73. The lowest BCUT2D eigenvalue weighted by Gasteiger charge is -2.01. The van der Waals surface area contributed by atoms with Gasteiger partial charge in [-0.3, -0.25) is 0 Å². The average Bonchev–Trinajstić information content (AvgIpc) is 2.99. The molecule has 0 spiro atoms. The third-order valence-corrected chi connectivity index (χ3v) is 4.61. The van der Waals surface area contributed by atoms with Gasteiger partial charge in [-0.2, -0.15) is 0 Å². The molecule has 2 aromatic heterocycles. The summed E-state index contributed by atoms with van der Waals surface area (Å²) in [5.41, 5.74) is 2.55. The van der Waals surface area contributed by atoms with Gasteiger partial charge in [0.05, 0.1) is 12.6 Å². The topological polar surface area (TPSA) is 52.3 Å². The molecule has 0 amide bonds. The first kappa shape index (κ1) is 14.6. The fourth-order valence-electron chi connectivity index (χ4n) is 2.43. The van der Waals surface area contributed by atoms with Crippen molar-refractivity contribution in [1.29, 1.82) is 0 Å². The van der Waals surface area contributed by atoms with Gasteiger partial charge in [0, 0.05) is 19.9 Å². The van der Waals surface area contributed by atoms with Crippen LogP contribution in [0.25, 0.3) is 27.9 Å². The van der Waals surface area contributed by atoms with E-state index in [4.69, 9.17) is 4.74 Å². The summed E-state index contributed by atoms with van der Waals surface area (Å²) in [6.45, 7) is 0. The lowest BCUT2D eigenvalue weighted by Crippen LogP contribution is -1.92. The Labute approximate surface area is 148 Å². The molecular formula is C16H10Br2N4O. The van der Waals surface area contributed by atoms with Crippen molar-refractivity contribution in [2.45, 2.75) is 0 Å². The Bertz CT molecular complexity index is 1030. The lowest BCUT2D eigenvalue weighted by molar-refractivity contribution is 0.415. The normalized spacial score (nSPS) is 11.3. The van der Waals surface area contributed by atoms with Gasteiger partial charge in [-0.15, -0.1) is 5.10 Å². The maximum absolute atomic E-state index is 5.18. The third-order valence-electron chi connectivity index (χ3n) is 3.54. The summed E-state index contributed by atoms with van der Waals surface area (Å²) in [5, 5.41) is 5.45. The summed E-state index contributed by atoms with van der Waals surface area (Å²) in [6, 6.07) is 11.6. The molecule has 0 aliphatic rings. The van der Waals surface area contributed by atoms with Crippen molar-refractivity contribution in [3.8, 4) is 17.1 Å². The molecule has 0 N–H and O–H groups in total. The zero-order chi connectivity index (χ0) is 16.0. The molecule has 0 unspecified atom stereocenters. The maximum Gasteiger partial charge on any atom is 0.182 e. The van der Waals surface area contributed by atoms with Gasteiger partial charge in [-0.25, -0.2) is 14.5 Å². The van der Waals surface area contributed by atoms with E-state index in [0.29, 0.717) is 5.82 Å². The number of ether oxygens (including phenoxy) is 1. The Morgan fingerprint density at radius 1 is 1.09 bits per heavy atom. The van der Waals surface area contributed by atoms with Crippen molar-refractivity contribution in [2.24, 2.45) is 0 Å². The van der Waals surface area contributed by atoms with E-state index in [-0.39, 0.29) is 0 Å². The first-order chi connectivity index (χ1) is 11.2. The third kappa shape index (κ3) is 2.49. The summed E-state index contributed by atoms with van der Waals surface area (Å²) >= 11 is 7.04. The predicted molar refractivity (Wildman–Crippen MR) is 95.7 cm³/mol. The lowest BCUT2D eigenvalue weighted by atomic mass is 10.2. The van der Waals surface area contributed by atoms with Gasteiger partial charge < -0.3 is 4.74 Å². The number of halogens is 2. The molecule has 0 aliphatic carbocycles. The summed E-state index contributed by atoms with van der Waals surface area (Å²) in [4.78, 5) is 9.14. The van der Waals surface area contributed by atoms with E-state index in [9.17, 15) is 0 Å². The quantitative estimate of drug-likeness (QED) is 0.467. The van der Waals surface area contributed by atoms with Crippen LogP contribution in [0.2, 0.25) is 0 Å². The fraction of sp³-hybridized carbons (Fsp3) is 0.0625. The molecule has 7 heteroatoms. The molecule has 2 aromatic carbocycles. The van der Waals surface area contributed by atoms with Gasteiger partial charge in [-0.1, -0.05) is 15.9 Å². The van der Waals surface area contributed by atoms with Crippen LogP contribution in [0.1, 0.15) is 0 Å². The Kier molecular flexibility index (Phi) is 3.54. The van der Waals surface area contributed by atoms with Crippen LogP contribution in [0.4, 0.5) is 0 Å². The first-order valence-corrected chi connectivity index (χ1v) is 8.39. The van der Waals surface area contributed by atoms with E-state index in [1.54, 1.807) is 18.0 Å². The number of nitrogens with zero attached hydrogens (tertiary/aromatic N) is 4. The molecule has 4 rings (SSSR count). The number of methoxy groups -OCH3 is 1. The zero-order valence-electron chi connectivity index (χ0n) is 12.0. The Hall–Kier alpha value is -1.99. The summed E-state index contributed by atoms with van der Waals surface area (Å²) in [7, 11) is 1.64. The van der Waals surface area contributed by atoms with Crippen LogP contribution >= 0.6 is 31.9 Å². The minimum absolute atomic E-state index is 0.651. The van der Waals surface area contributed by atoms with E-state index in [0.717, 1.165) is 36.8 Å². The van der Waals surface area contributed by atoms with Crippen LogP contribution in [0.15, 0.2) is 51.7 Å². The molecule has 0 fully saturated rings. The van der Waals surface area contributed by atoms with Gasteiger partial charge >= 0.3 is 0 Å². The van der Waals surface area contributed by atoms with Crippen LogP contribution in [0.3, 0.4) is 0 Å². The van der Waals surface area contributed by atoms with E-state index < -0.39 is 0 Å². The second kappa shape index (κ2) is 5.58. The first-order valence-electron chi connectivity index (χ1n) is 6.80. The molecule has 4 aromatic rings. The second-order valence-electron chi connectivity index (χ2n) is 4.96. The van der Waals surface area contributed by atoms with Crippen molar-refractivity contribution < 1.29 is 4.74 Å². The van der Waals surface area contributed by atoms with Gasteiger partial charge in [0.1, 0.15) is 12.1 Å². The molecular weight excluding hydrogens is 424 g/mol. The molecule has 114 valence electrons. The monoisotopic (exact) mass is 432 g/mol. The maximum atomic E-state index is 5.18. The number of hydrogen-bond donors (Lipinski definition) is 0. The largest absolute Gasteiger partial charge is 0.497 e. The van der Waals surface area contributed by atoms with Gasteiger partial charge in [0.25, 0.3) is 0 Å². The molecule has 0 bridgehead atoms. The van der Waals surface area contributed by atoms with Crippen LogP contribution in [0, 0.1) is 0 Å². The predicted octanol–water partition coefficient (Wildman–Crippen LogP) is 4.48. The highest BCUT2D eigenvalue weighted by molar-refractivity contribution is 9.11. The average molecular weight is 434 g/mol. The van der Waals surface area contributed by atoms with Crippen LogP contribution < -0.4 is 4.74 Å². The minimum atomic E-state index is 0.651. The Morgan fingerprint density at radius 3 is 2.61 bits per heavy atom. The SMILES string of the molecule is COc1ccc(-c2nc3c4cc(Br)cc(Br)c4ncn3n2)cc1. The molecule has 2 heterocycles. The number of aromatic nitrogens is 4. The zero-order valence-corrected chi connectivity index (χ0v) is 15.2. The highest BCUT2D eigenvalue weighted by atomic mass is 79.9. The highest BCUT2D eigenvalue weighted by Gasteiger charge is 2.12. The van der Waals surface area contributed by atoms with Gasteiger partial charge in [0.2, 0.25) is 0 Å². The van der Waals surface area contributed by atoms with Crippen LogP contribution in [-0.4, -0.2) is 26.7 Å². The van der Waals surface area contributed by atoms with Crippen molar-refractivity contribution in [3.05, 3.63) is 51.7 Å². The van der Waals surface area contributed by atoms with Crippen molar-refractivity contribution in [3.63, 3.8) is 0 Å². The van der Waals surface area contributed by atoms with Gasteiger partial charge in [-0.05, 0) is 52.3 Å². The summed E-state index contributed by atoms with van der Waals surface area (Å²) in [5.74, 6) is 1.45. The smallest absolute Gasteiger partial charge is 0.182 e. The number of hydrogen-bond acceptors (Lipinski definition) is 4. The van der Waals surface area contributed by atoms with E-state index in [1.807, 2.05) is 36.4 Å². The molecule has 0 saturated heterocycles. The van der Waals surface area contributed by atoms with Crippen LogP contribution in [0.5, 0.6) is 5.75 Å². The standard InChI is InChI=1S/C16H10Br2N4O/c1-23-11-4-2-9(3-5-11)15-20-16-12-6-10(17)7-13(18)14(12)19-8-22(16)21-15/h2-8H,1H3. The van der Waals surface area contributed by atoms with Gasteiger partial charge in [0.15, 0.2) is 11.5 Å². The molecule has 0 radical (unpaired) electrons. The van der Waals surface area contributed by atoms with Crippen LogP contribution in [-0.2, 0) is 0 Å². The minimum Gasteiger partial charge on any atom is -0.497 e. The summed E-state index contributed by atoms with van der Waals surface area (Å²) in [6.07, 6.45) is 1.68. The van der Waals surface area contributed by atoms with E-state index in [2.05, 4.69) is 46.9 Å². The van der Waals surface area contributed by atoms with Crippen molar-refractivity contribution in [1.82, 2.24) is 19.6 Å². The molecule has 0 saturated carbocycles. The fourth-order valence-corrected chi connectivity index (χ4v) is 3.76. The van der Waals surface area contributed by atoms with E-state index >= 15 is 0 Å². The number of rotatable bonds is 2.